The number of aromatic nitrogens is 2. The van der Waals surface area contributed by atoms with Crippen molar-refractivity contribution in [3.63, 3.8) is 0 Å². The maximum atomic E-state index is 13.0. The van der Waals surface area contributed by atoms with Gasteiger partial charge in [0.25, 0.3) is 5.91 Å². The van der Waals surface area contributed by atoms with Crippen molar-refractivity contribution in [3.8, 4) is 5.88 Å². The van der Waals surface area contributed by atoms with Crippen LogP contribution >= 0.6 is 22.9 Å². The van der Waals surface area contributed by atoms with Crippen molar-refractivity contribution in [1.29, 1.82) is 0 Å². The lowest BCUT2D eigenvalue weighted by molar-refractivity contribution is 0.103. The minimum atomic E-state index is -0.235. The molecular weight excluding hydrogens is 400 g/mol. The highest BCUT2D eigenvalue weighted by Crippen LogP contribution is 2.37. The van der Waals surface area contributed by atoms with Gasteiger partial charge in [-0.25, -0.2) is 4.98 Å². The highest BCUT2D eigenvalue weighted by molar-refractivity contribution is 7.20. The molecule has 0 saturated heterocycles. The number of amides is 1. The lowest BCUT2D eigenvalue weighted by Crippen LogP contribution is -2.17. The van der Waals surface area contributed by atoms with Crippen LogP contribution in [-0.4, -0.2) is 44.2 Å². The normalized spacial score (nSPS) is 10.9. The molecule has 2 heterocycles. The summed E-state index contributed by atoms with van der Waals surface area (Å²) in [6, 6.07) is 5.40. The Morgan fingerprint density at radius 2 is 2.04 bits per heavy atom. The predicted molar refractivity (Wildman–Crippen MR) is 113 cm³/mol. The van der Waals surface area contributed by atoms with Crippen molar-refractivity contribution in [2.45, 2.75) is 13.5 Å². The summed E-state index contributed by atoms with van der Waals surface area (Å²) in [6.07, 6.45) is 0. The fourth-order valence-electron chi connectivity index (χ4n) is 2.95. The van der Waals surface area contributed by atoms with E-state index in [0.29, 0.717) is 32.1 Å². The van der Waals surface area contributed by atoms with Crippen LogP contribution in [-0.2, 0) is 11.3 Å². The molecule has 0 saturated carbocycles. The monoisotopic (exact) mass is 420 g/mol. The van der Waals surface area contributed by atoms with E-state index in [2.05, 4.69) is 15.3 Å². The molecule has 1 aromatic carbocycles. The average Bonchev–Trinajstić information content (AvgIpc) is 2.98. The summed E-state index contributed by atoms with van der Waals surface area (Å²) in [5.74, 6) is 0.701. The molecule has 9 heteroatoms. The van der Waals surface area contributed by atoms with E-state index in [0.717, 1.165) is 16.6 Å². The number of para-hydroxylation sites is 1. The SMILES string of the molecule is COCc1nc(OC)c2c(C)c(C(=O)Nc3cccc(Cl)c3N(C)C)sc2n1. The number of aryl methyl sites for hydroxylation is 1. The second-order valence-corrected chi connectivity index (χ2v) is 7.71. The quantitative estimate of drug-likeness (QED) is 0.646. The topological polar surface area (TPSA) is 76.6 Å². The molecule has 1 amide bonds. The van der Waals surface area contributed by atoms with Gasteiger partial charge < -0.3 is 19.7 Å². The second kappa shape index (κ2) is 8.30. The molecular formula is C19H21ClN4O3S. The van der Waals surface area contributed by atoms with Crippen LogP contribution < -0.4 is 15.0 Å². The molecule has 2 aromatic heterocycles. The van der Waals surface area contributed by atoms with E-state index in [9.17, 15) is 4.79 Å². The van der Waals surface area contributed by atoms with Gasteiger partial charge in [-0.1, -0.05) is 17.7 Å². The summed E-state index contributed by atoms with van der Waals surface area (Å²) in [4.78, 5) is 25.0. The largest absolute Gasteiger partial charge is 0.480 e. The summed E-state index contributed by atoms with van der Waals surface area (Å²) in [5.41, 5.74) is 2.15. The van der Waals surface area contributed by atoms with Crippen molar-refractivity contribution in [2.75, 3.05) is 38.5 Å². The zero-order valence-corrected chi connectivity index (χ0v) is 17.9. The van der Waals surface area contributed by atoms with E-state index in [4.69, 9.17) is 21.1 Å². The lowest BCUT2D eigenvalue weighted by Gasteiger charge is -2.19. The van der Waals surface area contributed by atoms with Crippen LogP contribution in [0.3, 0.4) is 0 Å². The van der Waals surface area contributed by atoms with E-state index in [1.165, 1.54) is 11.3 Å². The number of hydrogen-bond acceptors (Lipinski definition) is 7. The zero-order chi connectivity index (χ0) is 20.4. The first-order valence-corrected chi connectivity index (χ1v) is 9.67. The molecule has 28 heavy (non-hydrogen) atoms. The Labute approximate surface area is 172 Å². The average molecular weight is 421 g/mol. The summed E-state index contributed by atoms with van der Waals surface area (Å²) < 4.78 is 10.5. The smallest absolute Gasteiger partial charge is 0.266 e. The van der Waals surface area contributed by atoms with Crippen molar-refractivity contribution in [1.82, 2.24) is 9.97 Å². The minimum absolute atomic E-state index is 0.235. The van der Waals surface area contributed by atoms with Gasteiger partial charge in [0.15, 0.2) is 5.82 Å². The number of rotatable bonds is 6. The summed E-state index contributed by atoms with van der Waals surface area (Å²) in [5, 5.41) is 4.26. The number of halogens is 1. The number of benzene rings is 1. The first-order chi connectivity index (χ1) is 13.4. The molecule has 0 bridgehead atoms. The molecule has 1 N–H and O–H groups in total. The predicted octanol–water partition coefficient (Wildman–Crippen LogP) is 4.13. The Balaban J connectivity index is 2.04. The number of nitrogens with zero attached hydrogens (tertiary/aromatic N) is 3. The molecule has 0 spiro atoms. The number of anilines is 2. The second-order valence-electron chi connectivity index (χ2n) is 6.30. The number of hydrogen-bond donors (Lipinski definition) is 1. The molecule has 0 aliphatic heterocycles. The van der Waals surface area contributed by atoms with E-state index in [1.807, 2.05) is 32.0 Å². The van der Waals surface area contributed by atoms with Gasteiger partial charge in [0.2, 0.25) is 5.88 Å². The molecule has 0 aliphatic rings. The Morgan fingerprint density at radius 3 is 2.68 bits per heavy atom. The molecule has 0 aliphatic carbocycles. The fourth-order valence-corrected chi connectivity index (χ4v) is 4.38. The number of carbonyl (C=O) groups is 1. The lowest BCUT2D eigenvalue weighted by atomic mass is 10.2. The zero-order valence-electron chi connectivity index (χ0n) is 16.3. The highest BCUT2D eigenvalue weighted by Gasteiger charge is 2.22. The standard InChI is InChI=1S/C19H21ClN4O3S/c1-10-14-18(27-5)22-13(9-26-4)23-19(14)28-16(10)17(25)21-12-8-6-7-11(20)15(12)24(2)3/h6-8H,9H2,1-5H3,(H,21,25). The van der Waals surface area contributed by atoms with Gasteiger partial charge in [-0.05, 0) is 24.6 Å². The summed E-state index contributed by atoms with van der Waals surface area (Å²) in [7, 11) is 6.87. The van der Waals surface area contributed by atoms with Gasteiger partial charge in [0.05, 0.1) is 33.8 Å². The molecule has 0 radical (unpaired) electrons. The third-order valence-electron chi connectivity index (χ3n) is 4.16. The highest BCUT2D eigenvalue weighted by atomic mass is 35.5. The van der Waals surface area contributed by atoms with Crippen LogP contribution in [0.2, 0.25) is 5.02 Å². The molecule has 0 fully saturated rings. The Hall–Kier alpha value is -2.42. The van der Waals surface area contributed by atoms with Crippen molar-refractivity contribution >= 4 is 50.4 Å². The van der Waals surface area contributed by atoms with Gasteiger partial charge in [-0.15, -0.1) is 11.3 Å². The van der Waals surface area contributed by atoms with Gasteiger partial charge in [0.1, 0.15) is 11.4 Å². The molecule has 7 nitrogen and oxygen atoms in total. The van der Waals surface area contributed by atoms with E-state index < -0.39 is 0 Å². The number of thiophene rings is 1. The molecule has 0 atom stereocenters. The third-order valence-corrected chi connectivity index (χ3v) is 5.65. The van der Waals surface area contributed by atoms with E-state index in [1.54, 1.807) is 26.4 Å². The van der Waals surface area contributed by atoms with Crippen LogP contribution in [0.25, 0.3) is 10.2 Å². The summed E-state index contributed by atoms with van der Waals surface area (Å²) in [6.45, 7) is 2.12. The number of carbonyl (C=O) groups excluding carboxylic acids is 1. The molecule has 0 unspecified atom stereocenters. The maximum absolute atomic E-state index is 13.0. The van der Waals surface area contributed by atoms with E-state index in [-0.39, 0.29) is 12.5 Å². The van der Waals surface area contributed by atoms with Crippen LogP contribution in [0, 0.1) is 6.92 Å². The first-order valence-electron chi connectivity index (χ1n) is 8.47. The molecule has 3 rings (SSSR count). The van der Waals surface area contributed by atoms with Gasteiger partial charge >= 0.3 is 0 Å². The number of ether oxygens (including phenoxy) is 2. The Kier molecular flexibility index (Phi) is 6.02. The van der Waals surface area contributed by atoms with Gasteiger partial charge in [-0.2, -0.15) is 4.98 Å². The van der Waals surface area contributed by atoms with Crippen molar-refractivity contribution < 1.29 is 14.3 Å². The van der Waals surface area contributed by atoms with E-state index >= 15 is 0 Å². The Morgan fingerprint density at radius 1 is 1.29 bits per heavy atom. The van der Waals surface area contributed by atoms with Gasteiger partial charge in [0, 0.05) is 21.2 Å². The molecule has 3 aromatic rings. The third kappa shape index (κ3) is 3.76. The van der Waals surface area contributed by atoms with Crippen molar-refractivity contribution in [2.24, 2.45) is 0 Å². The number of nitrogens with one attached hydrogen (secondary N) is 1. The Bertz CT molecular complexity index is 1040. The fraction of sp³-hybridized carbons (Fsp3) is 0.316. The minimum Gasteiger partial charge on any atom is -0.480 e. The maximum Gasteiger partial charge on any atom is 0.266 e. The first kappa shape index (κ1) is 20.3. The van der Waals surface area contributed by atoms with Crippen LogP contribution in [0.15, 0.2) is 18.2 Å². The number of methoxy groups -OCH3 is 2. The van der Waals surface area contributed by atoms with Gasteiger partial charge in [-0.3, -0.25) is 4.79 Å². The van der Waals surface area contributed by atoms with Crippen LogP contribution in [0.1, 0.15) is 21.1 Å². The molecule has 148 valence electrons. The van der Waals surface area contributed by atoms with Crippen LogP contribution in [0.5, 0.6) is 5.88 Å². The van der Waals surface area contributed by atoms with Crippen LogP contribution in [0.4, 0.5) is 11.4 Å². The van der Waals surface area contributed by atoms with Crippen molar-refractivity contribution in [3.05, 3.63) is 39.5 Å². The number of fused-ring (bicyclic) bond motifs is 1. The summed E-state index contributed by atoms with van der Waals surface area (Å²) >= 11 is 7.59.